The summed E-state index contributed by atoms with van der Waals surface area (Å²) in [6.45, 7) is 4.67. The molecule has 1 spiro atoms. The number of hydrogen-bond acceptors (Lipinski definition) is 3. The van der Waals surface area contributed by atoms with Crippen molar-refractivity contribution in [1.29, 1.82) is 0 Å². The van der Waals surface area contributed by atoms with Crippen LogP contribution in [0.1, 0.15) is 46.8 Å². The third-order valence-electron chi connectivity index (χ3n) is 6.27. The number of fused-ring (bicyclic) bond motifs is 3. The lowest BCUT2D eigenvalue weighted by Crippen LogP contribution is -2.61. The van der Waals surface area contributed by atoms with E-state index in [9.17, 15) is 9.59 Å². The fraction of sp³-hybridized carbons (Fsp3) is 0.231. The van der Waals surface area contributed by atoms with Gasteiger partial charge < -0.3 is 15.5 Å². The fourth-order valence-corrected chi connectivity index (χ4v) is 4.55. The zero-order valence-electron chi connectivity index (χ0n) is 17.7. The monoisotopic (exact) mass is 411 g/mol. The van der Waals surface area contributed by atoms with Crippen LogP contribution in [0.2, 0.25) is 0 Å². The molecule has 0 bridgehead atoms. The van der Waals surface area contributed by atoms with Crippen molar-refractivity contribution in [1.82, 2.24) is 4.90 Å². The average Bonchev–Trinajstić information content (AvgIpc) is 3.05. The lowest BCUT2D eigenvalue weighted by atomic mass is 9.89. The van der Waals surface area contributed by atoms with Crippen LogP contribution in [-0.4, -0.2) is 23.3 Å². The summed E-state index contributed by atoms with van der Waals surface area (Å²) < 4.78 is 0. The van der Waals surface area contributed by atoms with Crippen LogP contribution in [0.15, 0.2) is 72.8 Å². The van der Waals surface area contributed by atoms with E-state index >= 15 is 0 Å². The molecule has 2 amide bonds. The Morgan fingerprint density at radius 1 is 0.903 bits per heavy atom. The van der Waals surface area contributed by atoms with Gasteiger partial charge in [0.05, 0.1) is 5.56 Å². The third-order valence-corrected chi connectivity index (χ3v) is 6.27. The maximum atomic E-state index is 13.7. The molecule has 3 aromatic carbocycles. The van der Waals surface area contributed by atoms with Crippen molar-refractivity contribution in [3.63, 3.8) is 0 Å². The Hall–Kier alpha value is -3.60. The number of amides is 2. The van der Waals surface area contributed by atoms with E-state index in [1.165, 1.54) is 0 Å². The van der Waals surface area contributed by atoms with Gasteiger partial charge in [-0.1, -0.05) is 62.4 Å². The molecule has 156 valence electrons. The maximum Gasteiger partial charge on any atom is 0.276 e. The number of carbonyl (C=O) groups is 2. The first-order valence-electron chi connectivity index (χ1n) is 10.7. The highest BCUT2D eigenvalue weighted by atomic mass is 16.2. The van der Waals surface area contributed by atoms with Crippen LogP contribution in [0, 0.1) is 0 Å². The minimum absolute atomic E-state index is 0.136. The van der Waals surface area contributed by atoms with Crippen LogP contribution in [-0.2, 0) is 16.9 Å². The van der Waals surface area contributed by atoms with Crippen molar-refractivity contribution in [2.45, 2.75) is 31.8 Å². The molecule has 5 rings (SSSR count). The second kappa shape index (κ2) is 7.27. The SMILES string of the molecule is CC(C)c1ccc2c(c1)C1(Nc3ccccc3C(=O)N1CCc1ccccc1)C(=O)N2. The van der Waals surface area contributed by atoms with Gasteiger partial charge in [0.25, 0.3) is 11.8 Å². The van der Waals surface area contributed by atoms with E-state index < -0.39 is 5.66 Å². The molecule has 1 atom stereocenters. The van der Waals surface area contributed by atoms with Gasteiger partial charge >= 0.3 is 0 Å². The van der Waals surface area contributed by atoms with Crippen molar-refractivity contribution in [3.8, 4) is 0 Å². The Balaban J connectivity index is 1.65. The molecular weight excluding hydrogens is 386 g/mol. The van der Waals surface area contributed by atoms with Gasteiger partial charge in [-0.05, 0) is 47.7 Å². The van der Waals surface area contributed by atoms with Crippen LogP contribution >= 0.6 is 0 Å². The normalized spacial score (nSPS) is 19.3. The molecule has 2 aliphatic heterocycles. The first-order chi connectivity index (χ1) is 15.0. The second-order valence-corrected chi connectivity index (χ2v) is 8.49. The Kier molecular flexibility index (Phi) is 4.54. The molecule has 0 radical (unpaired) electrons. The summed E-state index contributed by atoms with van der Waals surface area (Å²) in [5.41, 5.74) is 3.81. The molecular formula is C26H25N3O2. The number of benzene rings is 3. The molecule has 0 aromatic heterocycles. The Morgan fingerprint density at radius 2 is 1.65 bits per heavy atom. The number of carbonyl (C=O) groups excluding carboxylic acids is 2. The summed E-state index contributed by atoms with van der Waals surface area (Å²) in [7, 11) is 0. The van der Waals surface area contributed by atoms with Crippen molar-refractivity contribution < 1.29 is 9.59 Å². The van der Waals surface area contributed by atoms with E-state index in [0.29, 0.717) is 30.1 Å². The highest BCUT2D eigenvalue weighted by Crippen LogP contribution is 2.46. The summed E-state index contributed by atoms with van der Waals surface area (Å²) in [5.74, 6) is -0.0510. The Labute approximate surface area is 182 Å². The molecule has 0 aliphatic carbocycles. The quantitative estimate of drug-likeness (QED) is 0.653. The van der Waals surface area contributed by atoms with E-state index in [1.54, 1.807) is 4.90 Å². The van der Waals surface area contributed by atoms with E-state index in [4.69, 9.17) is 0 Å². The van der Waals surface area contributed by atoms with E-state index in [1.807, 2.05) is 66.7 Å². The van der Waals surface area contributed by atoms with Crippen LogP contribution < -0.4 is 10.6 Å². The minimum Gasteiger partial charge on any atom is -0.350 e. The van der Waals surface area contributed by atoms with Crippen LogP contribution in [0.4, 0.5) is 11.4 Å². The molecule has 3 aromatic rings. The lowest BCUT2D eigenvalue weighted by molar-refractivity contribution is -0.125. The highest BCUT2D eigenvalue weighted by molar-refractivity contribution is 6.14. The van der Waals surface area contributed by atoms with E-state index in [-0.39, 0.29) is 11.8 Å². The molecule has 2 aliphatic rings. The molecule has 0 saturated carbocycles. The predicted molar refractivity (Wildman–Crippen MR) is 122 cm³/mol. The zero-order chi connectivity index (χ0) is 21.6. The summed E-state index contributed by atoms with van der Waals surface area (Å²) in [5, 5.41) is 6.46. The number of nitrogens with one attached hydrogen (secondary N) is 2. The second-order valence-electron chi connectivity index (χ2n) is 8.49. The number of anilines is 2. The summed E-state index contributed by atoms with van der Waals surface area (Å²) in [4.78, 5) is 28.9. The largest absolute Gasteiger partial charge is 0.350 e. The summed E-state index contributed by atoms with van der Waals surface area (Å²) in [6.07, 6.45) is 0.657. The number of nitrogens with zero attached hydrogens (tertiary/aromatic N) is 1. The molecule has 31 heavy (non-hydrogen) atoms. The number of rotatable bonds is 4. The number of hydrogen-bond donors (Lipinski definition) is 2. The minimum atomic E-state index is -1.26. The topological polar surface area (TPSA) is 61.4 Å². The van der Waals surface area contributed by atoms with Gasteiger partial charge in [-0.3, -0.25) is 9.59 Å². The van der Waals surface area contributed by atoms with Crippen LogP contribution in [0.5, 0.6) is 0 Å². The Bertz CT molecular complexity index is 1170. The molecule has 0 fully saturated rings. The van der Waals surface area contributed by atoms with Crippen molar-refractivity contribution in [3.05, 3.63) is 95.1 Å². The van der Waals surface area contributed by atoms with Gasteiger partial charge in [0, 0.05) is 23.5 Å². The van der Waals surface area contributed by atoms with Gasteiger partial charge in [0.15, 0.2) is 0 Å². The van der Waals surface area contributed by atoms with Gasteiger partial charge in [-0.15, -0.1) is 0 Å². The van der Waals surface area contributed by atoms with Crippen molar-refractivity contribution in [2.75, 3.05) is 17.2 Å². The van der Waals surface area contributed by atoms with Gasteiger partial charge in [0.1, 0.15) is 0 Å². The summed E-state index contributed by atoms with van der Waals surface area (Å²) in [6, 6.07) is 23.5. The molecule has 1 unspecified atom stereocenters. The van der Waals surface area contributed by atoms with Crippen LogP contribution in [0.3, 0.4) is 0 Å². The van der Waals surface area contributed by atoms with Crippen molar-refractivity contribution in [2.24, 2.45) is 0 Å². The molecule has 2 N–H and O–H groups in total. The first-order valence-corrected chi connectivity index (χ1v) is 10.7. The molecule has 0 saturated heterocycles. The predicted octanol–water partition coefficient (Wildman–Crippen LogP) is 4.73. The van der Waals surface area contributed by atoms with Crippen molar-refractivity contribution >= 4 is 23.2 Å². The van der Waals surface area contributed by atoms with Gasteiger partial charge in [-0.2, -0.15) is 0 Å². The maximum absolute atomic E-state index is 13.7. The van der Waals surface area contributed by atoms with Gasteiger partial charge in [0.2, 0.25) is 5.66 Å². The molecule has 5 heteroatoms. The lowest BCUT2D eigenvalue weighted by Gasteiger charge is -2.44. The smallest absolute Gasteiger partial charge is 0.276 e. The zero-order valence-corrected chi connectivity index (χ0v) is 17.7. The molecule has 2 heterocycles. The van der Waals surface area contributed by atoms with Crippen LogP contribution in [0.25, 0.3) is 0 Å². The third kappa shape index (κ3) is 3.00. The fourth-order valence-electron chi connectivity index (χ4n) is 4.55. The first kappa shape index (κ1) is 19.4. The van der Waals surface area contributed by atoms with Gasteiger partial charge in [-0.25, -0.2) is 0 Å². The summed E-state index contributed by atoms with van der Waals surface area (Å²) >= 11 is 0. The average molecular weight is 412 g/mol. The highest BCUT2D eigenvalue weighted by Gasteiger charge is 2.56. The molecule has 5 nitrogen and oxygen atoms in total. The number of para-hydroxylation sites is 1. The van der Waals surface area contributed by atoms with E-state index in [2.05, 4.69) is 30.5 Å². The standard InChI is InChI=1S/C26H25N3O2/c1-17(2)19-12-13-23-21(16-19)26(25(31)27-23)28-22-11-7-6-10-20(22)24(30)29(26)15-14-18-8-4-3-5-9-18/h3-13,16-17,28H,14-15H2,1-2H3,(H,27,31). The Morgan fingerprint density at radius 3 is 2.42 bits per heavy atom. The van der Waals surface area contributed by atoms with E-state index in [0.717, 1.165) is 22.4 Å².